The van der Waals surface area contributed by atoms with Crippen LogP contribution >= 0.6 is 0 Å². The number of halogens is 1. The van der Waals surface area contributed by atoms with Gasteiger partial charge in [0.25, 0.3) is 0 Å². The second-order valence-corrected chi connectivity index (χ2v) is 4.73. The maximum atomic E-state index is 12.8. The summed E-state index contributed by atoms with van der Waals surface area (Å²) in [6.45, 7) is 2.05. The van der Waals surface area contributed by atoms with Gasteiger partial charge in [0.15, 0.2) is 0 Å². The monoisotopic (exact) mass is 287 g/mol. The summed E-state index contributed by atoms with van der Waals surface area (Å²) in [7, 11) is 0. The van der Waals surface area contributed by atoms with Crippen LogP contribution in [0.2, 0.25) is 0 Å². The molecule has 2 aromatic carbocycles. The first-order chi connectivity index (χ1) is 10.2. The van der Waals surface area contributed by atoms with E-state index in [-0.39, 0.29) is 11.7 Å². The Bertz CT molecular complexity index is 579. The summed E-state index contributed by atoms with van der Waals surface area (Å²) in [5, 5.41) is 2.83. The number of hydrogen-bond acceptors (Lipinski definition) is 2. The van der Waals surface area contributed by atoms with E-state index in [1.807, 2.05) is 0 Å². The Balaban J connectivity index is 1.92. The average molecular weight is 287 g/mol. The number of ether oxygens (including phenoxy) is 1. The highest BCUT2D eigenvalue weighted by molar-refractivity contribution is 5.90. The van der Waals surface area contributed by atoms with Crippen molar-refractivity contribution < 1.29 is 13.9 Å². The molecule has 0 aliphatic rings. The van der Waals surface area contributed by atoms with Crippen LogP contribution in [-0.4, -0.2) is 5.91 Å². The predicted octanol–water partition coefficient (Wildman–Crippen LogP) is 4.75. The molecule has 0 radical (unpaired) electrons. The van der Waals surface area contributed by atoms with E-state index < -0.39 is 0 Å². The van der Waals surface area contributed by atoms with E-state index in [1.54, 1.807) is 36.4 Å². The largest absolute Gasteiger partial charge is 0.457 e. The Morgan fingerprint density at radius 2 is 1.62 bits per heavy atom. The molecule has 1 N–H and O–H groups in total. The van der Waals surface area contributed by atoms with Crippen molar-refractivity contribution in [2.45, 2.75) is 26.2 Å². The molecule has 0 heterocycles. The van der Waals surface area contributed by atoms with Crippen molar-refractivity contribution in [2.75, 3.05) is 5.32 Å². The summed E-state index contributed by atoms with van der Waals surface area (Å²) in [6, 6.07) is 12.9. The van der Waals surface area contributed by atoms with Gasteiger partial charge in [-0.25, -0.2) is 4.39 Å². The van der Waals surface area contributed by atoms with Crippen LogP contribution in [0.5, 0.6) is 11.5 Å². The van der Waals surface area contributed by atoms with E-state index >= 15 is 0 Å². The molecule has 0 saturated carbocycles. The minimum atomic E-state index is -0.299. The molecular formula is C17H18FNO2. The van der Waals surface area contributed by atoms with Crippen molar-refractivity contribution in [1.29, 1.82) is 0 Å². The highest BCUT2D eigenvalue weighted by atomic mass is 19.1. The second kappa shape index (κ2) is 7.43. The lowest BCUT2D eigenvalue weighted by molar-refractivity contribution is -0.116. The van der Waals surface area contributed by atoms with Gasteiger partial charge >= 0.3 is 0 Å². The molecule has 0 aliphatic heterocycles. The molecule has 2 aromatic rings. The van der Waals surface area contributed by atoms with Gasteiger partial charge in [-0.1, -0.05) is 13.3 Å². The number of amides is 1. The molecule has 0 spiro atoms. The molecule has 110 valence electrons. The van der Waals surface area contributed by atoms with Crippen molar-refractivity contribution >= 4 is 11.6 Å². The zero-order valence-electron chi connectivity index (χ0n) is 11.9. The van der Waals surface area contributed by atoms with Crippen LogP contribution in [0.4, 0.5) is 10.1 Å². The van der Waals surface area contributed by atoms with Gasteiger partial charge in [0, 0.05) is 12.1 Å². The van der Waals surface area contributed by atoms with Crippen molar-refractivity contribution in [2.24, 2.45) is 0 Å². The molecule has 3 nitrogen and oxygen atoms in total. The second-order valence-electron chi connectivity index (χ2n) is 4.73. The fraction of sp³-hybridized carbons (Fsp3) is 0.235. The molecule has 2 rings (SSSR count). The standard InChI is InChI=1S/C17H18FNO2/c1-2-3-4-17(20)19-14-7-11-16(12-8-14)21-15-9-5-13(18)6-10-15/h5-12H,2-4H2,1H3,(H,19,20). The lowest BCUT2D eigenvalue weighted by atomic mass is 10.2. The molecule has 4 heteroatoms. The van der Waals surface area contributed by atoms with E-state index in [9.17, 15) is 9.18 Å². The number of unbranched alkanes of at least 4 members (excludes halogenated alkanes) is 1. The number of anilines is 1. The highest BCUT2D eigenvalue weighted by Crippen LogP contribution is 2.23. The van der Waals surface area contributed by atoms with Gasteiger partial charge in [-0.15, -0.1) is 0 Å². The van der Waals surface area contributed by atoms with Crippen LogP contribution in [0.15, 0.2) is 48.5 Å². The Hall–Kier alpha value is -2.36. The quantitative estimate of drug-likeness (QED) is 0.832. The smallest absolute Gasteiger partial charge is 0.224 e. The Kier molecular flexibility index (Phi) is 5.32. The molecule has 0 aliphatic carbocycles. The van der Waals surface area contributed by atoms with Crippen LogP contribution in [-0.2, 0) is 4.79 Å². The van der Waals surface area contributed by atoms with Gasteiger partial charge in [0.05, 0.1) is 0 Å². The molecular weight excluding hydrogens is 269 g/mol. The van der Waals surface area contributed by atoms with E-state index in [2.05, 4.69) is 12.2 Å². The maximum Gasteiger partial charge on any atom is 0.224 e. The Morgan fingerprint density at radius 3 is 2.19 bits per heavy atom. The SMILES string of the molecule is CCCCC(=O)Nc1ccc(Oc2ccc(F)cc2)cc1. The first-order valence-electron chi connectivity index (χ1n) is 7.00. The summed E-state index contributed by atoms with van der Waals surface area (Å²) in [5.74, 6) is 0.917. The van der Waals surface area contributed by atoms with Crippen LogP contribution < -0.4 is 10.1 Å². The van der Waals surface area contributed by atoms with Crippen LogP contribution in [0.3, 0.4) is 0 Å². The van der Waals surface area contributed by atoms with Crippen molar-refractivity contribution in [3.8, 4) is 11.5 Å². The number of hydrogen-bond donors (Lipinski definition) is 1. The number of benzene rings is 2. The molecule has 0 saturated heterocycles. The molecule has 0 atom stereocenters. The van der Waals surface area contributed by atoms with E-state index in [1.165, 1.54) is 12.1 Å². The number of carbonyl (C=O) groups is 1. The third-order valence-corrected chi connectivity index (χ3v) is 2.94. The zero-order chi connectivity index (χ0) is 15.1. The van der Waals surface area contributed by atoms with Gasteiger partial charge in [0.2, 0.25) is 5.91 Å². The van der Waals surface area contributed by atoms with Crippen molar-refractivity contribution in [3.63, 3.8) is 0 Å². The lowest BCUT2D eigenvalue weighted by Crippen LogP contribution is -2.10. The van der Waals surface area contributed by atoms with Crippen molar-refractivity contribution in [1.82, 2.24) is 0 Å². The normalized spacial score (nSPS) is 10.2. The first kappa shape index (κ1) is 15.0. The molecule has 0 aromatic heterocycles. The van der Waals surface area contributed by atoms with Crippen LogP contribution in [0.1, 0.15) is 26.2 Å². The summed E-state index contributed by atoms with van der Waals surface area (Å²) in [4.78, 5) is 11.6. The summed E-state index contributed by atoms with van der Waals surface area (Å²) in [5.41, 5.74) is 0.738. The maximum absolute atomic E-state index is 12.8. The van der Waals surface area contributed by atoms with Crippen LogP contribution in [0.25, 0.3) is 0 Å². The third-order valence-electron chi connectivity index (χ3n) is 2.94. The topological polar surface area (TPSA) is 38.3 Å². The fourth-order valence-electron chi connectivity index (χ4n) is 1.81. The predicted molar refractivity (Wildman–Crippen MR) is 81.1 cm³/mol. The zero-order valence-corrected chi connectivity index (χ0v) is 11.9. The number of carbonyl (C=O) groups excluding carboxylic acids is 1. The third kappa shape index (κ3) is 4.91. The number of rotatable bonds is 6. The minimum Gasteiger partial charge on any atom is -0.457 e. The molecule has 21 heavy (non-hydrogen) atoms. The van der Waals surface area contributed by atoms with Crippen LogP contribution in [0, 0.1) is 5.82 Å². The van der Waals surface area contributed by atoms with Gasteiger partial charge in [-0.2, -0.15) is 0 Å². The molecule has 0 bridgehead atoms. The van der Waals surface area contributed by atoms with Gasteiger partial charge in [-0.3, -0.25) is 4.79 Å². The Morgan fingerprint density at radius 1 is 1.05 bits per heavy atom. The minimum absolute atomic E-state index is 0.0176. The molecule has 0 fully saturated rings. The molecule has 1 amide bonds. The lowest BCUT2D eigenvalue weighted by Gasteiger charge is -2.08. The van der Waals surface area contributed by atoms with Gasteiger partial charge < -0.3 is 10.1 Å². The van der Waals surface area contributed by atoms with Gasteiger partial charge in [-0.05, 0) is 55.0 Å². The van der Waals surface area contributed by atoms with Gasteiger partial charge in [0.1, 0.15) is 17.3 Å². The first-order valence-corrected chi connectivity index (χ1v) is 7.00. The van der Waals surface area contributed by atoms with E-state index in [0.29, 0.717) is 17.9 Å². The van der Waals surface area contributed by atoms with E-state index in [4.69, 9.17) is 4.74 Å². The summed E-state index contributed by atoms with van der Waals surface area (Å²) >= 11 is 0. The highest BCUT2D eigenvalue weighted by Gasteiger charge is 2.02. The molecule has 0 unspecified atom stereocenters. The number of nitrogens with one attached hydrogen (secondary N) is 1. The Labute approximate surface area is 123 Å². The summed E-state index contributed by atoms with van der Waals surface area (Å²) < 4.78 is 18.4. The fourth-order valence-corrected chi connectivity index (χ4v) is 1.81. The van der Waals surface area contributed by atoms with Crippen molar-refractivity contribution in [3.05, 3.63) is 54.3 Å². The van der Waals surface area contributed by atoms with E-state index in [0.717, 1.165) is 18.5 Å². The summed E-state index contributed by atoms with van der Waals surface area (Å²) in [6.07, 6.45) is 2.42. The average Bonchev–Trinajstić information content (AvgIpc) is 2.49.